The topological polar surface area (TPSA) is 107 Å². The van der Waals surface area contributed by atoms with Crippen LogP contribution in [0.4, 0.5) is 10.5 Å². The van der Waals surface area contributed by atoms with Gasteiger partial charge in [-0.1, -0.05) is 18.2 Å². The Morgan fingerprint density at radius 1 is 1.29 bits per heavy atom. The molecule has 1 aromatic carbocycles. The van der Waals surface area contributed by atoms with Crippen molar-refractivity contribution in [2.24, 2.45) is 5.73 Å². The predicted octanol–water partition coefficient (Wildman–Crippen LogP) is 0.0228. The van der Waals surface area contributed by atoms with Crippen molar-refractivity contribution in [1.82, 2.24) is 5.32 Å². The molecule has 0 aromatic heterocycles. The maximum atomic E-state index is 11.0. The van der Waals surface area contributed by atoms with Crippen LogP contribution in [-0.4, -0.2) is 25.2 Å². The third-order valence-electron chi connectivity index (χ3n) is 2.07. The van der Waals surface area contributed by atoms with Gasteiger partial charge < -0.3 is 16.2 Å². The number of amides is 3. The Balaban J connectivity index is 2.23. The van der Waals surface area contributed by atoms with Crippen molar-refractivity contribution in [1.29, 1.82) is 0 Å². The van der Waals surface area contributed by atoms with Crippen LogP contribution in [0, 0.1) is 0 Å². The summed E-state index contributed by atoms with van der Waals surface area (Å²) in [5.74, 6) is -0.557. The number of nitrogens with one attached hydrogen (secondary N) is 1. The fraction of sp³-hybridized carbons (Fsp3) is 0.273. The molecule has 0 bridgehead atoms. The molecule has 0 fully saturated rings. The Hall–Kier alpha value is -2.08. The zero-order valence-corrected chi connectivity index (χ0v) is 9.31. The van der Waals surface area contributed by atoms with Crippen LogP contribution in [0.2, 0.25) is 0 Å². The van der Waals surface area contributed by atoms with E-state index in [0.29, 0.717) is 18.7 Å². The normalized spacial score (nSPS) is 9.88. The van der Waals surface area contributed by atoms with Crippen LogP contribution in [0.5, 0.6) is 0 Å². The highest BCUT2D eigenvalue weighted by molar-refractivity contribution is 5.94. The summed E-state index contributed by atoms with van der Waals surface area (Å²) in [4.78, 5) is 21.3. The summed E-state index contributed by atoms with van der Waals surface area (Å²) in [6.07, 6.45) is 0.608. The van der Waals surface area contributed by atoms with Crippen molar-refractivity contribution < 1.29 is 14.3 Å². The van der Waals surface area contributed by atoms with E-state index in [-0.39, 0.29) is 6.61 Å². The Morgan fingerprint density at radius 2 is 2.00 bits per heavy atom. The molecule has 0 unspecified atom stereocenters. The third-order valence-corrected chi connectivity index (χ3v) is 2.07. The van der Waals surface area contributed by atoms with Gasteiger partial charge in [0.25, 0.3) is 5.91 Å². The van der Waals surface area contributed by atoms with Crippen LogP contribution in [0.15, 0.2) is 24.3 Å². The Bertz CT molecular complexity index is 407. The first-order valence-electron chi connectivity index (χ1n) is 5.10. The van der Waals surface area contributed by atoms with E-state index >= 15 is 0 Å². The molecule has 0 atom stereocenters. The average molecular weight is 237 g/mol. The molecule has 1 rings (SSSR count). The van der Waals surface area contributed by atoms with Crippen LogP contribution >= 0.6 is 0 Å². The van der Waals surface area contributed by atoms with E-state index in [9.17, 15) is 9.59 Å². The van der Waals surface area contributed by atoms with Gasteiger partial charge in [-0.25, -0.2) is 4.79 Å². The van der Waals surface area contributed by atoms with Crippen molar-refractivity contribution in [2.45, 2.75) is 6.42 Å². The number of carbonyl (C=O) groups excluding carboxylic acids is 2. The monoisotopic (exact) mass is 237 g/mol. The molecule has 0 aliphatic rings. The van der Waals surface area contributed by atoms with E-state index in [2.05, 4.69) is 0 Å². The van der Waals surface area contributed by atoms with Gasteiger partial charge in [-0.05, 0) is 18.1 Å². The maximum Gasteiger partial charge on any atom is 0.318 e. The first-order chi connectivity index (χ1) is 8.09. The molecular formula is C11H15N3O3. The summed E-state index contributed by atoms with van der Waals surface area (Å²) in [5, 5.41) is 1.90. The minimum absolute atomic E-state index is 0.199. The van der Waals surface area contributed by atoms with Crippen LogP contribution in [0.1, 0.15) is 5.56 Å². The number of nitrogen functional groups attached to an aromatic ring is 1. The molecule has 6 heteroatoms. The minimum atomic E-state index is -0.883. The molecule has 17 heavy (non-hydrogen) atoms. The van der Waals surface area contributed by atoms with Crippen LogP contribution in [0.3, 0.4) is 0 Å². The van der Waals surface area contributed by atoms with E-state index in [1.165, 1.54) is 0 Å². The van der Waals surface area contributed by atoms with Gasteiger partial charge in [-0.2, -0.15) is 0 Å². The van der Waals surface area contributed by atoms with Crippen molar-refractivity contribution in [3.05, 3.63) is 29.8 Å². The predicted molar refractivity (Wildman–Crippen MR) is 63.1 cm³/mol. The van der Waals surface area contributed by atoms with E-state index in [1.54, 1.807) is 6.07 Å². The molecule has 92 valence electrons. The molecule has 5 N–H and O–H groups in total. The molecule has 0 aliphatic carbocycles. The van der Waals surface area contributed by atoms with Gasteiger partial charge in [-0.3, -0.25) is 10.1 Å². The highest BCUT2D eigenvalue weighted by Gasteiger charge is 2.04. The summed E-state index contributed by atoms with van der Waals surface area (Å²) in [6.45, 7) is 0.149. The van der Waals surface area contributed by atoms with Crippen molar-refractivity contribution in [2.75, 3.05) is 18.9 Å². The highest BCUT2D eigenvalue weighted by Crippen LogP contribution is 2.10. The molecule has 0 saturated heterocycles. The number of rotatable bonds is 5. The molecule has 3 amide bonds. The van der Waals surface area contributed by atoms with Gasteiger partial charge in [0.1, 0.15) is 6.61 Å². The third kappa shape index (κ3) is 4.98. The first-order valence-corrected chi connectivity index (χ1v) is 5.10. The smallest absolute Gasteiger partial charge is 0.318 e. The van der Waals surface area contributed by atoms with Crippen LogP contribution in [0.25, 0.3) is 0 Å². The molecule has 1 aromatic rings. The number of urea groups is 1. The average Bonchev–Trinajstić information content (AvgIpc) is 2.25. The fourth-order valence-electron chi connectivity index (χ4n) is 1.28. The van der Waals surface area contributed by atoms with Crippen LogP contribution < -0.4 is 16.8 Å². The van der Waals surface area contributed by atoms with E-state index in [4.69, 9.17) is 16.2 Å². The molecule has 0 saturated carbocycles. The molecule has 0 spiro atoms. The quantitative estimate of drug-likeness (QED) is 0.495. The van der Waals surface area contributed by atoms with E-state index in [1.807, 2.05) is 23.5 Å². The van der Waals surface area contributed by atoms with Gasteiger partial charge in [0.2, 0.25) is 0 Å². The lowest BCUT2D eigenvalue weighted by Crippen LogP contribution is -2.37. The van der Waals surface area contributed by atoms with Crippen molar-refractivity contribution in [3.63, 3.8) is 0 Å². The molecule has 0 radical (unpaired) electrons. The Kier molecular flexibility index (Phi) is 4.96. The SMILES string of the molecule is NC(=O)NC(=O)COCCc1ccccc1N. The number of imide groups is 1. The number of primary amides is 1. The zero-order valence-electron chi connectivity index (χ0n) is 9.31. The van der Waals surface area contributed by atoms with Gasteiger partial charge in [0, 0.05) is 5.69 Å². The second-order valence-electron chi connectivity index (χ2n) is 3.41. The lowest BCUT2D eigenvalue weighted by Gasteiger charge is -2.06. The number of benzene rings is 1. The van der Waals surface area contributed by atoms with Crippen LogP contribution in [-0.2, 0) is 16.0 Å². The largest absolute Gasteiger partial charge is 0.399 e. The summed E-state index contributed by atoms with van der Waals surface area (Å²) in [7, 11) is 0. The number of para-hydroxylation sites is 1. The van der Waals surface area contributed by atoms with Crippen molar-refractivity contribution >= 4 is 17.6 Å². The van der Waals surface area contributed by atoms with Crippen molar-refractivity contribution in [3.8, 4) is 0 Å². The molecule has 6 nitrogen and oxygen atoms in total. The number of nitrogens with two attached hydrogens (primary N) is 2. The number of anilines is 1. The van der Waals surface area contributed by atoms with E-state index in [0.717, 1.165) is 5.56 Å². The number of hydrogen-bond donors (Lipinski definition) is 3. The zero-order chi connectivity index (χ0) is 12.7. The van der Waals surface area contributed by atoms with Gasteiger partial charge in [0.15, 0.2) is 0 Å². The first kappa shape index (κ1) is 13.0. The minimum Gasteiger partial charge on any atom is -0.399 e. The number of ether oxygens (including phenoxy) is 1. The number of hydrogen-bond acceptors (Lipinski definition) is 4. The Morgan fingerprint density at radius 3 is 2.65 bits per heavy atom. The molecular weight excluding hydrogens is 222 g/mol. The van der Waals surface area contributed by atoms with Gasteiger partial charge in [-0.15, -0.1) is 0 Å². The van der Waals surface area contributed by atoms with Gasteiger partial charge >= 0.3 is 6.03 Å². The molecule has 0 aliphatic heterocycles. The second-order valence-corrected chi connectivity index (χ2v) is 3.41. The second kappa shape index (κ2) is 6.49. The fourth-order valence-corrected chi connectivity index (χ4v) is 1.28. The summed E-state index contributed by atoms with van der Waals surface area (Å²) in [5.41, 5.74) is 12.2. The van der Waals surface area contributed by atoms with E-state index < -0.39 is 11.9 Å². The Labute approximate surface area is 98.9 Å². The number of carbonyl (C=O) groups is 2. The summed E-state index contributed by atoms with van der Waals surface area (Å²) in [6, 6.07) is 6.54. The highest BCUT2D eigenvalue weighted by atomic mass is 16.5. The lowest BCUT2D eigenvalue weighted by atomic mass is 10.1. The lowest BCUT2D eigenvalue weighted by molar-refractivity contribution is -0.124. The summed E-state index contributed by atoms with van der Waals surface area (Å²) < 4.78 is 5.08. The van der Waals surface area contributed by atoms with Gasteiger partial charge in [0.05, 0.1) is 6.61 Å². The standard InChI is InChI=1S/C11H15N3O3/c12-9-4-2-1-3-8(9)5-6-17-7-10(15)14-11(13)16/h1-4H,5-7,12H2,(H3,13,14,15,16). The maximum absolute atomic E-state index is 11.0. The molecule has 0 heterocycles. The summed E-state index contributed by atoms with van der Waals surface area (Å²) >= 11 is 0.